The van der Waals surface area contributed by atoms with Crippen molar-refractivity contribution in [3.63, 3.8) is 0 Å². The second kappa shape index (κ2) is 7.40. The lowest BCUT2D eigenvalue weighted by Gasteiger charge is -2.34. The molecule has 8 heteroatoms. The molecule has 1 fully saturated rings. The highest BCUT2D eigenvalue weighted by atomic mass is 32.1. The zero-order valence-corrected chi connectivity index (χ0v) is 13.8. The number of benzene rings is 1. The third kappa shape index (κ3) is 4.39. The van der Waals surface area contributed by atoms with Gasteiger partial charge in [0, 0.05) is 38.1 Å². The number of anilines is 1. The van der Waals surface area contributed by atoms with E-state index in [-0.39, 0.29) is 0 Å². The van der Waals surface area contributed by atoms with Crippen molar-refractivity contribution in [3.8, 4) is 5.75 Å². The third-order valence-corrected chi connectivity index (χ3v) is 4.75. The molecule has 24 heavy (non-hydrogen) atoms. The van der Waals surface area contributed by atoms with Crippen LogP contribution in [0.3, 0.4) is 0 Å². The number of hydrogen-bond acceptors (Lipinski definition) is 5. The summed E-state index contributed by atoms with van der Waals surface area (Å²) in [7, 11) is 0. The van der Waals surface area contributed by atoms with Gasteiger partial charge in [-0.05, 0) is 12.1 Å². The van der Waals surface area contributed by atoms with E-state index in [9.17, 15) is 13.2 Å². The summed E-state index contributed by atoms with van der Waals surface area (Å²) < 4.78 is 43.5. The zero-order chi connectivity index (χ0) is 17.0. The van der Waals surface area contributed by atoms with Gasteiger partial charge in [-0.1, -0.05) is 18.2 Å². The molecule has 0 saturated carbocycles. The molecule has 0 unspecified atom stereocenters. The van der Waals surface area contributed by atoms with Crippen LogP contribution in [0.25, 0.3) is 0 Å². The van der Waals surface area contributed by atoms with Gasteiger partial charge < -0.3 is 9.64 Å². The van der Waals surface area contributed by atoms with E-state index in [1.54, 1.807) is 0 Å². The first-order valence-electron chi connectivity index (χ1n) is 7.70. The molecule has 0 radical (unpaired) electrons. The van der Waals surface area contributed by atoms with Gasteiger partial charge in [0.15, 0.2) is 10.8 Å². The number of thiazole rings is 1. The molecule has 0 N–H and O–H groups in total. The topological polar surface area (TPSA) is 28.6 Å². The van der Waals surface area contributed by atoms with Crippen molar-refractivity contribution >= 4 is 16.5 Å². The Morgan fingerprint density at radius 2 is 1.79 bits per heavy atom. The van der Waals surface area contributed by atoms with Gasteiger partial charge in [0.2, 0.25) is 0 Å². The number of alkyl halides is 3. The van der Waals surface area contributed by atoms with Gasteiger partial charge in [0.25, 0.3) is 0 Å². The summed E-state index contributed by atoms with van der Waals surface area (Å²) in [5, 5.41) is 1.53. The molecule has 2 heterocycles. The fraction of sp³-hybridized carbons (Fsp3) is 0.438. The monoisotopic (exact) mass is 357 g/mol. The van der Waals surface area contributed by atoms with Gasteiger partial charge in [0.05, 0.1) is 0 Å². The number of rotatable bonds is 5. The summed E-state index contributed by atoms with van der Waals surface area (Å²) in [6.45, 7) is 4.33. The molecule has 0 aliphatic carbocycles. The Balaban J connectivity index is 1.43. The first kappa shape index (κ1) is 17.0. The number of hydrogen-bond donors (Lipinski definition) is 0. The number of para-hydroxylation sites is 1. The van der Waals surface area contributed by atoms with Gasteiger partial charge in [-0.2, -0.15) is 13.2 Å². The number of aromatic nitrogens is 1. The van der Waals surface area contributed by atoms with Crippen LogP contribution in [-0.4, -0.2) is 49.2 Å². The Morgan fingerprint density at radius 1 is 1.08 bits per heavy atom. The lowest BCUT2D eigenvalue weighted by atomic mass is 10.3. The molecule has 0 spiro atoms. The molecule has 130 valence electrons. The predicted octanol–water partition coefficient (Wildman–Crippen LogP) is 3.36. The minimum Gasteiger partial charge on any atom is -0.492 e. The quantitative estimate of drug-likeness (QED) is 0.820. The highest BCUT2D eigenvalue weighted by Crippen LogP contribution is 2.33. The van der Waals surface area contributed by atoms with E-state index in [0.29, 0.717) is 24.8 Å². The Labute approximate surface area is 142 Å². The molecule has 0 atom stereocenters. The van der Waals surface area contributed by atoms with Crippen LogP contribution in [0, 0.1) is 0 Å². The van der Waals surface area contributed by atoms with E-state index in [1.165, 1.54) is 0 Å². The summed E-state index contributed by atoms with van der Waals surface area (Å²) in [5.41, 5.74) is -0.804. The number of nitrogens with zero attached hydrogens (tertiary/aromatic N) is 3. The minimum atomic E-state index is -4.37. The molecular formula is C16H18F3N3OS. The lowest BCUT2D eigenvalue weighted by Crippen LogP contribution is -2.47. The highest BCUT2D eigenvalue weighted by molar-refractivity contribution is 7.13. The fourth-order valence-electron chi connectivity index (χ4n) is 2.51. The van der Waals surface area contributed by atoms with Crippen LogP contribution < -0.4 is 9.64 Å². The third-order valence-electron chi connectivity index (χ3n) is 3.84. The minimum absolute atomic E-state index is 0.447. The van der Waals surface area contributed by atoms with Crippen molar-refractivity contribution in [2.24, 2.45) is 0 Å². The molecule has 1 aromatic carbocycles. The SMILES string of the molecule is FC(F)(F)c1csc(N2CCN(CCOc3ccccc3)CC2)n1. The first-order valence-corrected chi connectivity index (χ1v) is 8.58. The van der Waals surface area contributed by atoms with Gasteiger partial charge >= 0.3 is 6.18 Å². The fourth-order valence-corrected chi connectivity index (χ4v) is 3.40. The Hall–Kier alpha value is -1.80. The van der Waals surface area contributed by atoms with Gasteiger partial charge in [-0.3, -0.25) is 4.90 Å². The van der Waals surface area contributed by atoms with Crippen LogP contribution in [0.1, 0.15) is 5.69 Å². The van der Waals surface area contributed by atoms with Crippen LogP contribution in [0.4, 0.5) is 18.3 Å². The molecule has 1 aliphatic heterocycles. The van der Waals surface area contributed by atoms with E-state index >= 15 is 0 Å². The maximum absolute atomic E-state index is 12.6. The standard InChI is InChI=1S/C16H18F3N3OS/c17-16(18,19)14-12-24-15(20-14)22-8-6-21(7-9-22)10-11-23-13-4-2-1-3-5-13/h1-5,12H,6-11H2. The van der Waals surface area contributed by atoms with E-state index in [1.807, 2.05) is 35.2 Å². The highest BCUT2D eigenvalue weighted by Gasteiger charge is 2.34. The Bertz CT molecular complexity index is 640. The summed E-state index contributed by atoms with van der Waals surface area (Å²) in [6, 6.07) is 9.63. The molecule has 1 aromatic heterocycles. The lowest BCUT2D eigenvalue weighted by molar-refractivity contribution is -0.140. The van der Waals surface area contributed by atoms with Crippen molar-refractivity contribution in [1.29, 1.82) is 0 Å². The van der Waals surface area contributed by atoms with E-state index in [0.717, 1.165) is 42.1 Å². The van der Waals surface area contributed by atoms with E-state index in [4.69, 9.17) is 4.74 Å². The summed E-state index contributed by atoms with van der Waals surface area (Å²) in [4.78, 5) is 7.87. The molecule has 1 saturated heterocycles. The predicted molar refractivity (Wildman–Crippen MR) is 87.7 cm³/mol. The summed E-state index contributed by atoms with van der Waals surface area (Å²) in [6.07, 6.45) is -4.37. The first-order chi connectivity index (χ1) is 11.5. The second-order valence-electron chi connectivity index (χ2n) is 5.50. The largest absolute Gasteiger partial charge is 0.492 e. The van der Waals surface area contributed by atoms with Crippen LogP contribution in [-0.2, 0) is 6.18 Å². The number of ether oxygens (including phenoxy) is 1. The molecule has 2 aromatic rings. The zero-order valence-electron chi connectivity index (χ0n) is 13.0. The average molecular weight is 357 g/mol. The maximum atomic E-state index is 12.6. The molecule has 0 bridgehead atoms. The van der Waals surface area contributed by atoms with E-state index < -0.39 is 11.9 Å². The summed E-state index contributed by atoms with van der Waals surface area (Å²) >= 11 is 1.05. The normalized spacial score (nSPS) is 16.4. The van der Waals surface area contributed by atoms with Crippen LogP contribution in [0.15, 0.2) is 35.7 Å². The molecule has 4 nitrogen and oxygen atoms in total. The van der Waals surface area contributed by atoms with Crippen molar-refractivity contribution in [1.82, 2.24) is 9.88 Å². The molecule has 0 amide bonds. The van der Waals surface area contributed by atoms with Crippen LogP contribution >= 0.6 is 11.3 Å². The summed E-state index contributed by atoms with van der Waals surface area (Å²) in [5.74, 6) is 0.846. The maximum Gasteiger partial charge on any atom is 0.434 e. The van der Waals surface area contributed by atoms with Crippen molar-refractivity contribution < 1.29 is 17.9 Å². The van der Waals surface area contributed by atoms with Gasteiger partial charge in [-0.25, -0.2) is 4.98 Å². The molecular weight excluding hydrogens is 339 g/mol. The van der Waals surface area contributed by atoms with E-state index in [2.05, 4.69) is 9.88 Å². The second-order valence-corrected chi connectivity index (χ2v) is 6.34. The number of halogens is 3. The van der Waals surface area contributed by atoms with Crippen LogP contribution in [0.5, 0.6) is 5.75 Å². The van der Waals surface area contributed by atoms with Crippen LogP contribution in [0.2, 0.25) is 0 Å². The molecule has 3 rings (SSSR count). The average Bonchev–Trinajstić information content (AvgIpc) is 3.07. The van der Waals surface area contributed by atoms with Gasteiger partial charge in [0.1, 0.15) is 12.4 Å². The van der Waals surface area contributed by atoms with Crippen molar-refractivity contribution in [2.75, 3.05) is 44.2 Å². The smallest absolute Gasteiger partial charge is 0.434 e. The van der Waals surface area contributed by atoms with Gasteiger partial charge in [-0.15, -0.1) is 11.3 Å². The van der Waals surface area contributed by atoms with Crippen molar-refractivity contribution in [2.45, 2.75) is 6.18 Å². The number of piperazine rings is 1. The van der Waals surface area contributed by atoms with Crippen molar-refractivity contribution in [3.05, 3.63) is 41.4 Å². The Morgan fingerprint density at radius 3 is 2.42 bits per heavy atom. The Kier molecular flexibility index (Phi) is 5.25. The molecule has 1 aliphatic rings.